The third-order valence-electron chi connectivity index (χ3n) is 5.35. The van der Waals surface area contributed by atoms with Gasteiger partial charge in [-0.2, -0.15) is 0 Å². The summed E-state index contributed by atoms with van der Waals surface area (Å²) >= 11 is 0. The monoisotopic (exact) mass is 381 g/mol. The molecule has 1 aromatic carbocycles. The number of hydrogen-bond acceptors (Lipinski definition) is 5. The van der Waals surface area contributed by atoms with E-state index in [1.165, 1.54) is 16.8 Å². The number of nitrogens with one attached hydrogen (secondary N) is 1. The lowest BCUT2D eigenvalue weighted by atomic mass is 10.1. The molecule has 150 valence electrons. The summed E-state index contributed by atoms with van der Waals surface area (Å²) in [7, 11) is 4.09. The first-order chi connectivity index (χ1) is 13.5. The van der Waals surface area contributed by atoms with Gasteiger partial charge in [0.05, 0.1) is 11.9 Å². The molecule has 28 heavy (non-hydrogen) atoms. The highest BCUT2D eigenvalue weighted by Gasteiger charge is 2.23. The first kappa shape index (κ1) is 20.1. The third kappa shape index (κ3) is 4.81. The number of carbonyl (C=O) groups is 1. The normalized spacial score (nSPS) is 14.5. The van der Waals surface area contributed by atoms with Crippen LogP contribution in [-0.4, -0.2) is 74.1 Å². The summed E-state index contributed by atoms with van der Waals surface area (Å²) in [5, 5.41) is 3.32. The van der Waals surface area contributed by atoms with Gasteiger partial charge in [0.15, 0.2) is 0 Å². The van der Waals surface area contributed by atoms with Crippen molar-refractivity contribution in [1.29, 1.82) is 0 Å². The number of piperazine rings is 1. The van der Waals surface area contributed by atoms with Crippen LogP contribution in [0.4, 0.5) is 11.4 Å². The number of amides is 1. The summed E-state index contributed by atoms with van der Waals surface area (Å²) < 4.78 is 0. The zero-order chi connectivity index (χ0) is 20.1. The van der Waals surface area contributed by atoms with Crippen LogP contribution in [0.3, 0.4) is 0 Å². The second kappa shape index (κ2) is 9.06. The average Bonchev–Trinajstić information content (AvgIpc) is 2.70. The lowest BCUT2D eigenvalue weighted by molar-refractivity contribution is 0.0741. The van der Waals surface area contributed by atoms with Crippen LogP contribution >= 0.6 is 0 Å². The number of nitrogens with zero attached hydrogens (tertiary/aromatic N) is 4. The van der Waals surface area contributed by atoms with Crippen LogP contribution in [0.15, 0.2) is 36.5 Å². The Balaban J connectivity index is 1.55. The van der Waals surface area contributed by atoms with Gasteiger partial charge in [-0.25, -0.2) is 4.98 Å². The molecule has 0 aliphatic carbocycles. The summed E-state index contributed by atoms with van der Waals surface area (Å²) in [6, 6.07) is 10.2. The Kier molecular flexibility index (Phi) is 6.52. The molecule has 2 heterocycles. The van der Waals surface area contributed by atoms with Crippen molar-refractivity contribution in [3.8, 4) is 0 Å². The van der Waals surface area contributed by atoms with Crippen molar-refractivity contribution in [3.05, 3.63) is 53.3 Å². The molecule has 1 amide bonds. The van der Waals surface area contributed by atoms with E-state index in [9.17, 15) is 4.79 Å². The summed E-state index contributed by atoms with van der Waals surface area (Å²) in [5.74, 6) is 0.0143. The molecule has 2 aromatic rings. The van der Waals surface area contributed by atoms with Crippen LogP contribution in [0, 0.1) is 13.8 Å². The number of benzene rings is 1. The smallest absolute Gasteiger partial charge is 0.272 e. The molecular formula is C22H31N5O. The Labute approximate surface area is 168 Å². The van der Waals surface area contributed by atoms with Gasteiger partial charge >= 0.3 is 0 Å². The quantitative estimate of drug-likeness (QED) is 0.834. The SMILES string of the molecule is Cc1cccc(N2CCN(C(=O)c3ccc(NCCN(C)C)cn3)CC2)c1C. The fourth-order valence-corrected chi connectivity index (χ4v) is 3.44. The fraction of sp³-hybridized carbons (Fsp3) is 0.455. The maximum atomic E-state index is 12.8. The molecule has 3 rings (SSSR count). The second-order valence-corrected chi connectivity index (χ2v) is 7.66. The van der Waals surface area contributed by atoms with Crippen LogP contribution in [0.25, 0.3) is 0 Å². The maximum absolute atomic E-state index is 12.8. The Bertz CT molecular complexity index is 795. The number of anilines is 2. The number of aromatic nitrogens is 1. The summed E-state index contributed by atoms with van der Waals surface area (Å²) in [4.78, 5) is 23.6. The van der Waals surface area contributed by atoms with Gasteiger partial charge in [0.2, 0.25) is 0 Å². The van der Waals surface area contributed by atoms with Gasteiger partial charge in [0.25, 0.3) is 5.91 Å². The molecule has 0 spiro atoms. The minimum Gasteiger partial charge on any atom is -0.383 e. The van der Waals surface area contributed by atoms with Crippen molar-refractivity contribution >= 4 is 17.3 Å². The van der Waals surface area contributed by atoms with E-state index in [2.05, 4.69) is 52.1 Å². The molecule has 1 aromatic heterocycles. The molecule has 0 atom stereocenters. The van der Waals surface area contributed by atoms with E-state index in [0.717, 1.165) is 45.0 Å². The Morgan fingerprint density at radius 2 is 1.86 bits per heavy atom. The summed E-state index contributed by atoms with van der Waals surface area (Å²) in [6.07, 6.45) is 1.75. The highest BCUT2D eigenvalue weighted by Crippen LogP contribution is 2.24. The molecule has 6 nitrogen and oxygen atoms in total. The second-order valence-electron chi connectivity index (χ2n) is 7.66. The van der Waals surface area contributed by atoms with Crippen LogP contribution in [0.2, 0.25) is 0 Å². The van der Waals surface area contributed by atoms with Crippen LogP contribution < -0.4 is 10.2 Å². The van der Waals surface area contributed by atoms with E-state index < -0.39 is 0 Å². The van der Waals surface area contributed by atoms with E-state index in [-0.39, 0.29) is 5.91 Å². The third-order valence-corrected chi connectivity index (χ3v) is 5.35. The van der Waals surface area contributed by atoms with E-state index in [4.69, 9.17) is 0 Å². The van der Waals surface area contributed by atoms with Crippen LogP contribution in [0.1, 0.15) is 21.6 Å². The van der Waals surface area contributed by atoms with Gasteiger partial charge in [-0.05, 0) is 57.3 Å². The minimum atomic E-state index is 0.0143. The number of rotatable bonds is 6. The van der Waals surface area contributed by atoms with Gasteiger partial charge in [-0.15, -0.1) is 0 Å². The van der Waals surface area contributed by atoms with Gasteiger partial charge in [-0.1, -0.05) is 12.1 Å². The summed E-state index contributed by atoms with van der Waals surface area (Å²) in [5.41, 5.74) is 5.36. The molecule has 1 N–H and O–H groups in total. The predicted molar refractivity (Wildman–Crippen MR) is 115 cm³/mol. The van der Waals surface area contributed by atoms with Gasteiger partial charge in [0, 0.05) is 45.0 Å². The van der Waals surface area contributed by atoms with Crippen molar-refractivity contribution < 1.29 is 4.79 Å². The standard InChI is InChI=1S/C22H31N5O/c1-17-6-5-7-21(18(17)2)26-12-14-27(15-13-26)22(28)20-9-8-19(16-24-20)23-10-11-25(3)4/h5-9,16,23H,10-15H2,1-4H3. The molecule has 1 aliphatic heterocycles. The van der Waals surface area contributed by atoms with Crippen LogP contribution in [-0.2, 0) is 0 Å². The number of hydrogen-bond donors (Lipinski definition) is 1. The first-order valence-corrected chi connectivity index (χ1v) is 9.91. The van der Waals surface area contributed by atoms with E-state index >= 15 is 0 Å². The minimum absolute atomic E-state index is 0.0143. The summed E-state index contributed by atoms with van der Waals surface area (Å²) in [6.45, 7) is 9.24. The van der Waals surface area contributed by atoms with Gasteiger partial charge in [0.1, 0.15) is 5.69 Å². The molecule has 1 saturated heterocycles. The number of likely N-dealkylation sites (N-methyl/N-ethyl adjacent to an activating group) is 1. The molecule has 1 fully saturated rings. The molecule has 0 saturated carbocycles. The molecule has 0 unspecified atom stereocenters. The Morgan fingerprint density at radius 3 is 2.50 bits per heavy atom. The van der Waals surface area contributed by atoms with Gasteiger partial charge in [-0.3, -0.25) is 4.79 Å². The van der Waals surface area contributed by atoms with Gasteiger partial charge < -0.3 is 20.0 Å². The highest BCUT2D eigenvalue weighted by atomic mass is 16.2. The lowest BCUT2D eigenvalue weighted by Gasteiger charge is -2.37. The Hall–Kier alpha value is -2.60. The predicted octanol–water partition coefficient (Wildman–Crippen LogP) is 2.63. The number of aryl methyl sites for hydroxylation is 1. The van der Waals surface area contributed by atoms with Crippen molar-refractivity contribution in [3.63, 3.8) is 0 Å². The van der Waals surface area contributed by atoms with E-state index in [1.54, 1.807) is 6.20 Å². The molecular weight excluding hydrogens is 350 g/mol. The largest absolute Gasteiger partial charge is 0.383 e. The number of pyridine rings is 1. The van der Waals surface area contributed by atoms with Crippen molar-refractivity contribution in [2.24, 2.45) is 0 Å². The molecule has 0 bridgehead atoms. The number of carbonyl (C=O) groups excluding carboxylic acids is 1. The maximum Gasteiger partial charge on any atom is 0.272 e. The first-order valence-electron chi connectivity index (χ1n) is 9.91. The average molecular weight is 382 g/mol. The lowest BCUT2D eigenvalue weighted by Crippen LogP contribution is -2.49. The van der Waals surface area contributed by atoms with Crippen LogP contribution in [0.5, 0.6) is 0 Å². The topological polar surface area (TPSA) is 51.7 Å². The van der Waals surface area contributed by atoms with E-state index in [1.807, 2.05) is 31.1 Å². The molecule has 1 aliphatic rings. The molecule has 6 heteroatoms. The Morgan fingerprint density at radius 1 is 1.11 bits per heavy atom. The van der Waals surface area contributed by atoms with Crippen molar-refractivity contribution in [2.75, 3.05) is 63.6 Å². The zero-order valence-corrected chi connectivity index (χ0v) is 17.4. The van der Waals surface area contributed by atoms with Crippen molar-refractivity contribution in [1.82, 2.24) is 14.8 Å². The highest BCUT2D eigenvalue weighted by molar-refractivity contribution is 5.92. The van der Waals surface area contributed by atoms with Crippen molar-refractivity contribution in [2.45, 2.75) is 13.8 Å². The van der Waals surface area contributed by atoms with E-state index in [0.29, 0.717) is 5.69 Å². The molecule has 0 radical (unpaired) electrons. The fourth-order valence-electron chi connectivity index (χ4n) is 3.44. The zero-order valence-electron chi connectivity index (χ0n) is 17.4.